The van der Waals surface area contributed by atoms with Crippen LogP contribution in [0.15, 0.2) is 18.2 Å². The van der Waals surface area contributed by atoms with Gasteiger partial charge in [-0.1, -0.05) is 0 Å². The molecule has 0 unspecified atom stereocenters. The monoisotopic (exact) mass is 198 g/mol. The zero-order chi connectivity index (χ0) is 10.6. The van der Waals surface area contributed by atoms with E-state index in [4.69, 9.17) is 16.2 Å². The van der Waals surface area contributed by atoms with Crippen LogP contribution in [0.2, 0.25) is 0 Å². The Hall–Kier alpha value is -1.62. The standard InChI is InChI=1S/C9H11FN2O2/c10-7-1-2-8(6(3-7)4-11)14-5-9(12)13/h1-3H,4-5,11H2,(H2,12,13). The molecule has 76 valence electrons. The van der Waals surface area contributed by atoms with Crippen LogP contribution >= 0.6 is 0 Å². The second kappa shape index (κ2) is 4.57. The van der Waals surface area contributed by atoms with Crippen LogP contribution in [-0.2, 0) is 11.3 Å². The summed E-state index contributed by atoms with van der Waals surface area (Å²) in [5.41, 5.74) is 10.8. The number of halogens is 1. The van der Waals surface area contributed by atoms with Crippen LogP contribution in [0.25, 0.3) is 0 Å². The lowest BCUT2D eigenvalue weighted by Crippen LogP contribution is -2.20. The minimum Gasteiger partial charge on any atom is -0.483 e. The molecule has 0 spiro atoms. The van der Waals surface area contributed by atoms with Gasteiger partial charge in [0.2, 0.25) is 0 Å². The third-order valence-corrected chi connectivity index (χ3v) is 1.61. The molecule has 0 saturated heterocycles. The van der Waals surface area contributed by atoms with Crippen LogP contribution < -0.4 is 16.2 Å². The molecule has 0 aliphatic rings. The van der Waals surface area contributed by atoms with E-state index in [1.165, 1.54) is 18.2 Å². The van der Waals surface area contributed by atoms with Crippen molar-refractivity contribution in [3.05, 3.63) is 29.6 Å². The summed E-state index contributed by atoms with van der Waals surface area (Å²) >= 11 is 0. The summed E-state index contributed by atoms with van der Waals surface area (Å²) in [4.78, 5) is 10.4. The highest BCUT2D eigenvalue weighted by Gasteiger charge is 2.04. The van der Waals surface area contributed by atoms with Crippen LogP contribution in [0.4, 0.5) is 4.39 Å². The van der Waals surface area contributed by atoms with Gasteiger partial charge in [-0.3, -0.25) is 4.79 Å². The summed E-state index contributed by atoms with van der Waals surface area (Å²) < 4.78 is 17.8. The van der Waals surface area contributed by atoms with Crippen LogP contribution in [0.5, 0.6) is 5.75 Å². The first-order chi connectivity index (χ1) is 6.63. The second-order valence-electron chi connectivity index (χ2n) is 2.71. The van der Waals surface area contributed by atoms with Crippen LogP contribution in [-0.4, -0.2) is 12.5 Å². The van der Waals surface area contributed by atoms with Gasteiger partial charge in [0, 0.05) is 12.1 Å². The average molecular weight is 198 g/mol. The number of carbonyl (C=O) groups is 1. The Morgan fingerprint density at radius 2 is 2.21 bits per heavy atom. The van der Waals surface area contributed by atoms with Crippen molar-refractivity contribution in [2.24, 2.45) is 11.5 Å². The van der Waals surface area contributed by atoms with Gasteiger partial charge in [-0.15, -0.1) is 0 Å². The number of carbonyl (C=O) groups excluding carboxylic acids is 1. The number of benzene rings is 1. The van der Waals surface area contributed by atoms with Crippen LogP contribution in [0.3, 0.4) is 0 Å². The Balaban J connectivity index is 2.80. The highest BCUT2D eigenvalue weighted by atomic mass is 19.1. The van der Waals surface area contributed by atoms with Crippen molar-refractivity contribution in [1.82, 2.24) is 0 Å². The molecule has 4 N–H and O–H groups in total. The predicted molar refractivity (Wildman–Crippen MR) is 49.0 cm³/mol. The van der Waals surface area contributed by atoms with Crippen molar-refractivity contribution < 1.29 is 13.9 Å². The van der Waals surface area contributed by atoms with Crippen LogP contribution in [0, 0.1) is 5.82 Å². The van der Waals surface area contributed by atoms with Crippen molar-refractivity contribution >= 4 is 5.91 Å². The van der Waals surface area contributed by atoms with Gasteiger partial charge in [0.15, 0.2) is 6.61 Å². The number of primary amides is 1. The lowest BCUT2D eigenvalue weighted by molar-refractivity contribution is -0.119. The number of hydrogen-bond acceptors (Lipinski definition) is 3. The Kier molecular flexibility index (Phi) is 3.41. The third kappa shape index (κ3) is 2.70. The minimum atomic E-state index is -0.586. The van der Waals surface area contributed by atoms with E-state index >= 15 is 0 Å². The van der Waals surface area contributed by atoms with Crippen molar-refractivity contribution in [3.8, 4) is 5.75 Å². The summed E-state index contributed by atoms with van der Waals surface area (Å²) in [6, 6.07) is 3.91. The van der Waals surface area contributed by atoms with E-state index < -0.39 is 11.7 Å². The molecule has 1 amide bonds. The smallest absolute Gasteiger partial charge is 0.255 e. The average Bonchev–Trinajstić information content (AvgIpc) is 2.15. The molecule has 0 radical (unpaired) electrons. The molecular formula is C9H11FN2O2. The topological polar surface area (TPSA) is 78.3 Å². The molecule has 14 heavy (non-hydrogen) atoms. The van der Waals surface area contributed by atoms with Crippen molar-refractivity contribution in [2.45, 2.75) is 6.54 Å². The van der Waals surface area contributed by atoms with E-state index in [0.717, 1.165) is 0 Å². The van der Waals surface area contributed by atoms with Gasteiger partial charge in [0.1, 0.15) is 11.6 Å². The molecule has 0 aliphatic carbocycles. The highest BCUT2D eigenvalue weighted by molar-refractivity contribution is 5.75. The first-order valence-electron chi connectivity index (χ1n) is 4.03. The van der Waals surface area contributed by atoms with E-state index in [2.05, 4.69) is 0 Å². The molecule has 0 aromatic heterocycles. The Morgan fingerprint density at radius 3 is 2.79 bits per heavy atom. The van der Waals surface area contributed by atoms with E-state index in [1.54, 1.807) is 0 Å². The number of ether oxygens (including phenoxy) is 1. The van der Waals surface area contributed by atoms with Gasteiger partial charge in [-0.25, -0.2) is 4.39 Å². The maximum absolute atomic E-state index is 12.7. The van der Waals surface area contributed by atoms with Gasteiger partial charge >= 0.3 is 0 Å². The van der Waals surface area contributed by atoms with Gasteiger partial charge in [-0.05, 0) is 18.2 Å². The molecule has 0 heterocycles. The summed E-state index contributed by atoms with van der Waals surface area (Å²) in [6.07, 6.45) is 0. The summed E-state index contributed by atoms with van der Waals surface area (Å²) in [6.45, 7) is -0.0928. The van der Waals surface area contributed by atoms with Crippen LogP contribution in [0.1, 0.15) is 5.56 Å². The summed E-state index contributed by atoms with van der Waals surface area (Å²) in [7, 11) is 0. The Bertz CT molecular complexity index is 342. The molecule has 0 bridgehead atoms. The van der Waals surface area contributed by atoms with Gasteiger partial charge in [0.25, 0.3) is 5.91 Å². The van der Waals surface area contributed by atoms with E-state index in [9.17, 15) is 9.18 Å². The van der Waals surface area contributed by atoms with Gasteiger partial charge < -0.3 is 16.2 Å². The SMILES string of the molecule is NCc1cc(F)ccc1OCC(N)=O. The van der Waals surface area contributed by atoms with Gasteiger partial charge in [-0.2, -0.15) is 0 Å². The molecule has 1 aromatic carbocycles. The maximum Gasteiger partial charge on any atom is 0.255 e. The quantitative estimate of drug-likeness (QED) is 0.722. The molecule has 0 aliphatic heterocycles. The zero-order valence-electron chi connectivity index (χ0n) is 7.50. The number of hydrogen-bond donors (Lipinski definition) is 2. The number of rotatable bonds is 4. The van der Waals surface area contributed by atoms with E-state index in [0.29, 0.717) is 11.3 Å². The normalized spacial score (nSPS) is 9.86. The fraction of sp³-hybridized carbons (Fsp3) is 0.222. The Labute approximate surface area is 80.6 Å². The summed E-state index contributed by atoms with van der Waals surface area (Å²) in [5, 5.41) is 0. The molecule has 0 fully saturated rings. The number of nitrogens with two attached hydrogens (primary N) is 2. The Morgan fingerprint density at radius 1 is 1.50 bits per heavy atom. The first kappa shape index (κ1) is 10.5. The lowest BCUT2D eigenvalue weighted by atomic mass is 10.2. The van der Waals surface area contributed by atoms with E-state index in [-0.39, 0.29) is 13.2 Å². The van der Waals surface area contributed by atoms with Crippen molar-refractivity contribution in [3.63, 3.8) is 0 Å². The molecule has 1 rings (SSSR count). The van der Waals surface area contributed by atoms with Gasteiger partial charge in [0.05, 0.1) is 0 Å². The van der Waals surface area contributed by atoms with Crippen molar-refractivity contribution in [2.75, 3.05) is 6.61 Å². The first-order valence-corrected chi connectivity index (χ1v) is 4.03. The van der Waals surface area contributed by atoms with Crippen molar-refractivity contribution in [1.29, 1.82) is 0 Å². The summed E-state index contributed by atoms with van der Waals surface area (Å²) in [5.74, 6) is -0.595. The molecule has 4 nitrogen and oxygen atoms in total. The maximum atomic E-state index is 12.7. The third-order valence-electron chi connectivity index (χ3n) is 1.61. The fourth-order valence-electron chi connectivity index (χ4n) is 0.997. The fourth-order valence-corrected chi connectivity index (χ4v) is 0.997. The largest absolute Gasteiger partial charge is 0.483 e. The molecule has 5 heteroatoms. The highest BCUT2D eigenvalue weighted by Crippen LogP contribution is 2.18. The minimum absolute atomic E-state index is 0.145. The molecule has 0 saturated carbocycles. The number of amides is 1. The molecule has 0 atom stereocenters. The lowest BCUT2D eigenvalue weighted by Gasteiger charge is -2.08. The molecular weight excluding hydrogens is 187 g/mol. The van der Waals surface area contributed by atoms with E-state index in [1.807, 2.05) is 0 Å². The predicted octanol–water partition coefficient (Wildman–Crippen LogP) is 0.148. The second-order valence-corrected chi connectivity index (χ2v) is 2.71. The zero-order valence-corrected chi connectivity index (χ0v) is 7.50. The molecule has 1 aromatic rings.